The Labute approximate surface area is 110 Å². The van der Waals surface area contributed by atoms with Gasteiger partial charge < -0.3 is 10.2 Å². The Bertz CT molecular complexity index is 450. The summed E-state index contributed by atoms with van der Waals surface area (Å²) in [6.07, 6.45) is 4.65. The van der Waals surface area contributed by atoms with Crippen molar-refractivity contribution in [3.63, 3.8) is 0 Å². The van der Waals surface area contributed by atoms with Gasteiger partial charge in [0, 0.05) is 32.4 Å². The zero-order chi connectivity index (χ0) is 13.5. The molecule has 0 bridgehead atoms. The van der Waals surface area contributed by atoms with Crippen molar-refractivity contribution in [2.75, 3.05) is 20.4 Å². The second-order valence-electron chi connectivity index (χ2n) is 3.58. The molecule has 0 radical (unpaired) electrons. The standard InChI is InChI=1S/C11H16N4O2S/c1-12-10(8-15(16)17)14(2)7-9-5-4-6-13-11(9)18-3/h4-6,8,12H,7H2,1-3H3. The summed E-state index contributed by atoms with van der Waals surface area (Å²) in [5, 5.41) is 14.2. The molecule has 0 spiro atoms. The third-order valence-electron chi connectivity index (χ3n) is 2.35. The molecule has 0 atom stereocenters. The molecule has 1 rings (SSSR count). The van der Waals surface area contributed by atoms with Gasteiger partial charge >= 0.3 is 0 Å². The van der Waals surface area contributed by atoms with Gasteiger partial charge in [-0.1, -0.05) is 6.07 Å². The van der Waals surface area contributed by atoms with E-state index in [0.717, 1.165) is 16.8 Å². The molecule has 0 saturated heterocycles. The molecule has 1 heterocycles. The molecular formula is C11H16N4O2S. The topological polar surface area (TPSA) is 71.3 Å². The summed E-state index contributed by atoms with van der Waals surface area (Å²) in [6, 6.07) is 3.83. The first-order valence-corrected chi connectivity index (χ1v) is 6.53. The lowest BCUT2D eigenvalue weighted by atomic mass is 10.2. The average molecular weight is 268 g/mol. The summed E-state index contributed by atoms with van der Waals surface area (Å²) in [6.45, 7) is 0.560. The number of pyridine rings is 1. The quantitative estimate of drug-likeness (QED) is 0.479. The Kier molecular flexibility index (Phi) is 5.44. The molecule has 0 aromatic carbocycles. The van der Waals surface area contributed by atoms with Crippen LogP contribution in [0.15, 0.2) is 35.4 Å². The fourth-order valence-electron chi connectivity index (χ4n) is 1.52. The lowest BCUT2D eigenvalue weighted by Crippen LogP contribution is -2.27. The van der Waals surface area contributed by atoms with E-state index < -0.39 is 4.92 Å². The number of hydrogen-bond donors (Lipinski definition) is 1. The van der Waals surface area contributed by atoms with Crippen LogP contribution in [0.3, 0.4) is 0 Å². The van der Waals surface area contributed by atoms with E-state index in [4.69, 9.17) is 0 Å². The van der Waals surface area contributed by atoms with Crippen LogP contribution in [0.1, 0.15) is 5.56 Å². The number of nitrogens with zero attached hydrogens (tertiary/aromatic N) is 3. The lowest BCUT2D eigenvalue weighted by Gasteiger charge is -2.21. The minimum Gasteiger partial charge on any atom is -0.370 e. The summed E-state index contributed by atoms with van der Waals surface area (Å²) < 4.78 is 0. The van der Waals surface area contributed by atoms with Gasteiger partial charge in [0.2, 0.25) is 0 Å². The smallest absolute Gasteiger partial charge is 0.274 e. The van der Waals surface area contributed by atoms with Gasteiger partial charge in [-0.2, -0.15) is 0 Å². The van der Waals surface area contributed by atoms with Gasteiger partial charge in [-0.25, -0.2) is 4.98 Å². The number of thioether (sulfide) groups is 1. The zero-order valence-electron chi connectivity index (χ0n) is 10.6. The van der Waals surface area contributed by atoms with Crippen LogP contribution >= 0.6 is 11.8 Å². The van der Waals surface area contributed by atoms with Crippen molar-refractivity contribution in [3.05, 3.63) is 46.0 Å². The molecule has 0 aliphatic carbocycles. The maximum Gasteiger partial charge on any atom is 0.274 e. The van der Waals surface area contributed by atoms with Crippen LogP contribution in [0.4, 0.5) is 0 Å². The number of rotatable bonds is 6. The van der Waals surface area contributed by atoms with Gasteiger partial charge in [0.1, 0.15) is 5.03 Å². The van der Waals surface area contributed by atoms with Gasteiger partial charge in [-0.05, 0) is 12.3 Å². The van der Waals surface area contributed by atoms with Crippen molar-refractivity contribution in [2.24, 2.45) is 0 Å². The van der Waals surface area contributed by atoms with E-state index in [1.165, 1.54) is 0 Å². The van der Waals surface area contributed by atoms with Crippen molar-refractivity contribution in [3.8, 4) is 0 Å². The van der Waals surface area contributed by atoms with E-state index in [1.807, 2.05) is 18.4 Å². The first-order chi connectivity index (χ1) is 8.58. The maximum atomic E-state index is 10.5. The molecule has 1 aromatic rings. The minimum atomic E-state index is -0.471. The first kappa shape index (κ1) is 14.3. The zero-order valence-corrected chi connectivity index (χ0v) is 11.4. The highest BCUT2D eigenvalue weighted by molar-refractivity contribution is 7.98. The van der Waals surface area contributed by atoms with E-state index in [0.29, 0.717) is 12.4 Å². The predicted molar refractivity (Wildman–Crippen MR) is 71.6 cm³/mol. The number of nitrogens with one attached hydrogen (secondary N) is 1. The molecular weight excluding hydrogens is 252 g/mol. The van der Waals surface area contributed by atoms with Crippen molar-refractivity contribution in [1.29, 1.82) is 0 Å². The van der Waals surface area contributed by atoms with E-state index in [2.05, 4.69) is 10.3 Å². The third-order valence-corrected chi connectivity index (χ3v) is 3.10. The Morgan fingerprint density at radius 3 is 3.00 bits per heavy atom. The molecule has 0 amide bonds. The number of hydrogen-bond acceptors (Lipinski definition) is 6. The van der Waals surface area contributed by atoms with E-state index in [-0.39, 0.29) is 0 Å². The fraction of sp³-hybridized carbons (Fsp3) is 0.364. The summed E-state index contributed by atoms with van der Waals surface area (Å²) in [7, 11) is 3.45. The van der Waals surface area contributed by atoms with Gasteiger partial charge in [0.25, 0.3) is 6.20 Å². The summed E-state index contributed by atoms with van der Waals surface area (Å²) >= 11 is 1.56. The Balaban J connectivity index is 2.86. The molecule has 0 aliphatic rings. The van der Waals surface area contributed by atoms with Crippen LogP contribution in [-0.4, -0.2) is 35.2 Å². The van der Waals surface area contributed by atoms with E-state index >= 15 is 0 Å². The van der Waals surface area contributed by atoms with Crippen molar-refractivity contribution in [2.45, 2.75) is 11.6 Å². The van der Waals surface area contributed by atoms with Gasteiger partial charge in [-0.3, -0.25) is 10.1 Å². The minimum absolute atomic E-state index is 0.455. The second kappa shape index (κ2) is 6.85. The molecule has 7 heteroatoms. The SMILES string of the molecule is CNC(=C[N+](=O)[O-])N(C)Cc1cccnc1SC. The normalized spacial score (nSPS) is 11.2. The van der Waals surface area contributed by atoms with Gasteiger partial charge in [0.05, 0.1) is 4.92 Å². The average Bonchev–Trinajstić information content (AvgIpc) is 2.36. The third kappa shape index (κ3) is 3.92. The molecule has 0 saturated carbocycles. The van der Waals surface area contributed by atoms with Crippen LogP contribution in [0.25, 0.3) is 0 Å². The number of nitro groups is 1. The highest BCUT2D eigenvalue weighted by Gasteiger charge is 2.10. The molecule has 98 valence electrons. The monoisotopic (exact) mass is 268 g/mol. The Morgan fingerprint density at radius 2 is 2.44 bits per heavy atom. The van der Waals surface area contributed by atoms with Crippen LogP contribution in [0.5, 0.6) is 0 Å². The molecule has 0 fully saturated rings. The molecule has 0 aliphatic heterocycles. The summed E-state index contributed by atoms with van der Waals surface area (Å²) in [5.74, 6) is 0.455. The molecule has 1 aromatic heterocycles. The van der Waals surface area contributed by atoms with E-state index in [9.17, 15) is 10.1 Å². The molecule has 18 heavy (non-hydrogen) atoms. The van der Waals surface area contributed by atoms with Crippen LogP contribution in [0.2, 0.25) is 0 Å². The maximum absolute atomic E-state index is 10.5. The summed E-state index contributed by atoms with van der Waals surface area (Å²) in [5.41, 5.74) is 1.04. The highest BCUT2D eigenvalue weighted by atomic mass is 32.2. The Morgan fingerprint density at radius 1 is 1.72 bits per heavy atom. The van der Waals surface area contributed by atoms with Gasteiger partial charge in [-0.15, -0.1) is 11.8 Å². The second-order valence-corrected chi connectivity index (χ2v) is 4.37. The largest absolute Gasteiger partial charge is 0.370 e. The van der Waals surface area contributed by atoms with Crippen molar-refractivity contribution < 1.29 is 4.92 Å². The van der Waals surface area contributed by atoms with Crippen molar-refractivity contribution in [1.82, 2.24) is 15.2 Å². The number of aromatic nitrogens is 1. The Hall–Kier alpha value is -1.76. The first-order valence-electron chi connectivity index (χ1n) is 5.30. The van der Waals surface area contributed by atoms with Crippen LogP contribution in [0, 0.1) is 10.1 Å². The van der Waals surface area contributed by atoms with Crippen molar-refractivity contribution >= 4 is 11.8 Å². The molecule has 0 unspecified atom stereocenters. The van der Waals surface area contributed by atoms with Crippen LogP contribution in [-0.2, 0) is 6.54 Å². The molecule has 6 nitrogen and oxygen atoms in total. The lowest BCUT2D eigenvalue weighted by molar-refractivity contribution is -0.404. The summed E-state index contributed by atoms with van der Waals surface area (Å²) in [4.78, 5) is 16.1. The highest BCUT2D eigenvalue weighted by Crippen LogP contribution is 2.18. The molecule has 1 N–H and O–H groups in total. The predicted octanol–water partition coefficient (Wildman–Crippen LogP) is 1.53. The van der Waals surface area contributed by atoms with E-state index in [1.54, 1.807) is 37.0 Å². The van der Waals surface area contributed by atoms with Gasteiger partial charge in [0.15, 0.2) is 5.82 Å². The fourth-order valence-corrected chi connectivity index (χ4v) is 2.08. The van der Waals surface area contributed by atoms with Crippen LogP contribution < -0.4 is 5.32 Å².